The van der Waals surface area contributed by atoms with Crippen LogP contribution in [0.15, 0.2) is 28.2 Å². The van der Waals surface area contributed by atoms with Gasteiger partial charge in [-0.25, -0.2) is 4.98 Å². The van der Waals surface area contributed by atoms with Crippen molar-refractivity contribution in [2.45, 2.75) is 39.8 Å². The maximum absolute atomic E-state index is 11.4. The molecule has 0 saturated heterocycles. The third-order valence-electron chi connectivity index (χ3n) is 4.09. The average Bonchev–Trinajstić information content (AvgIpc) is 3.07. The first-order valence-electron chi connectivity index (χ1n) is 6.71. The van der Waals surface area contributed by atoms with Crippen molar-refractivity contribution in [1.82, 2.24) is 10.3 Å². The van der Waals surface area contributed by atoms with Gasteiger partial charge in [0.15, 0.2) is 10.8 Å². The fourth-order valence-corrected chi connectivity index (χ4v) is 2.49. The Morgan fingerprint density at radius 3 is 2.71 bits per heavy atom. The van der Waals surface area contributed by atoms with Gasteiger partial charge >= 0.3 is 5.97 Å². The van der Waals surface area contributed by atoms with E-state index in [0.29, 0.717) is 6.54 Å². The van der Waals surface area contributed by atoms with Gasteiger partial charge in [-0.05, 0) is 39.8 Å². The molecule has 0 aliphatic carbocycles. The van der Waals surface area contributed by atoms with Crippen molar-refractivity contribution in [3.63, 3.8) is 0 Å². The minimum atomic E-state index is -0.882. The summed E-state index contributed by atoms with van der Waals surface area (Å²) >= 11 is 1.51. The van der Waals surface area contributed by atoms with Crippen LogP contribution in [-0.2, 0) is 11.3 Å². The van der Waals surface area contributed by atoms with E-state index in [0.717, 1.165) is 16.5 Å². The van der Waals surface area contributed by atoms with Crippen LogP contribution in [0.1, 0.15) is 33.4 Å². The van der Waals surface area contributed by atoms with Crippen LogP contribution in [0, 0.1) is 5.41 Å². The van der Waals surface area contributed by atoms with Gasteiger partial charge in [0.05, 0.1) is 17.4 Å². The first-order valence-corrected chi connectivity index (χ1v) is 7.59. The van der Waals surface area contributed by atoms with E-state index in [1.807, 2.05) is 31.4 Å². The monoisotopic (exact) mass is 308 g/mol. The molecule has 6 heteroatoms. The van der Waals surface area contributed by atoms with E-state index < -0.39 is 16.9 Å². The predicted molar refractivity (Wildman–Crippen MR) is 82.2 cm³/mol. The molecule has 0 spiro atoms. The molecule has 0 saturated carbocycles. The predicted octanol–water partition coefficient (Wildman–Crippen LogP) is 3.38. The molecule has 0 radical (unpaired) electrons. The number of thiazole rings is 1. The Kier molecular flexibility index (Phi) is 4.20. The average molecular weight is 308 g/mol. The SMILES string of the molecule is CC(C)(NCc1csc(-c2ccco2)n1)C(C)(C)C(=O)O. The number of carboxylic acid groups (broad SMARTS) is 1. The lowest BCUT2D eigenvalue weighted by Crippen LogP contribution is -2.54. The Morgan fingerprint density at radius 2 is 2.14 bits per heavy atom. The van der Waals surface area contributed by atoms with E-state index >= 15 is 0 Å². The highest BCUT2D eigenvalue weighted by atomic mass is 32.1. The molecule has 0 atom stereocenters. The van der Waals surface area contributed by atoms with Crippen LogP contribution in [0.4, 0.5) is 0 Å². The molecular formula is C15H20N2O3S. The molecule has 0 aliphatic rings. The van der Waals surface area contributed by atoms with Gasteiger partial charge in [0.2, 0.25) is 0 Å². The molecule has 2 aromatic heterocycles. The van der Waals surface area contributed by atoms with Crippen LogP contribution in [0.3, 0.4) is 0 Å². The minimum Gasteiger partial charge on any atom is -0.481 e. The smallest absolute Gasteiger partial charge is 0.310 e. The number of carboxylic acids is 1. The van der Waals surface area contributed by atoms with Crippen LogP contribution in [0.25, 0.3) is 10.8 Å². The fourth-order valence-electron chi connectivity index (χ4n) is 1.70. The van der Waals surface area contributed by atoms with Gasteiger partial charge < -0.3 is 14.8 Å². The molecule has 2 heterocycles. The zero-order valence-electron chi connectivity index (χ0n) is 12.6. The van der Waals surface area contributed by atoms with E-state index in [-0.39, 0.29) is 0 Å². The second kappa shape index (κ2) is 5.61. The summed E-state index contributed by atoms with van der Waals surface area (Å²) < 4.78 is 5.31. The van der Waals surface area contributed by atoms with Gasteiger partial charge in [-0.2, -0.15) is 0 Å². The molecule has 0 fully saturated rings. The molecule has 0 aliphatic heterocycles. The number of aromatic nitrogens is 1. The number of rotatable bonds is 6. The van der Waals surface area contributed by atoms with Crippen LogP contribution in [0.2, 0.25) is 0 Å². The number of nitrogens with zero attached hydrogens (tertiary/aromatic N) is 1. The van der Waals surface area contributed by atoms with Crippen molar-refractivity contribution < 1.29 is 14.3 Å². The van der Waals surface area contributed by atoms with Crippen molar-refractivity contribution in [1.29, 1.82) is 0 Å². The highest BCUT2D eigenvalue weighted by Gasteiger charge is 2.43. The number of hydrogen-bond acceptors (Lipinski definition) is 5. The van der Waals surface area contributed by atoms with Gasteiger partial charge in [-0.3, -0.25) is 4.79 Å². The Bertz CT molecular complexity index is 615. The molecule has 5 nitrogen and oxygen atoms in total. The van der Waals surface area contributed by atoms with Crippen molar-refractivity contribution in [2.24, 2.45) is 5.41 Å². The quantitative estimate of drug-likeness (QED) is 0.855. The third kappa shape index (κ3) is 3.16. The van der Waals surface area contributed by atoms with Gasteiger partial charge in [0.25, 0.3) is 0 Å². The van der Waals surface area contributed by atoms with Crippen molar-refractivity contribution in [2.75, 3.05) is 0 Å². The molecule has 114 valence electrons. The molecular weight excluding hydrogens is 288 g/mol. The summed E-state index contributed by atoms with van der Waals surface area (Å²) in [5.74, 6) is -0.0778. The van der Waals surface area contributed by atoms with E-state index in [1.54, 1.807) is 20.1 Å². The zero-order chi connectivity index (χ0) is 15.7. The largest absolute Gasteiger partial charge is 0.481 e. The number of furan rings is 1. The standard InChI is InChI=1S/C15H20N2O3S/c1-14(2,13(18)19)15(3,4)16-8-10-9-21-12(17-10)11-6-5-7-20-11/h5-7,9,16H,8H2,1-4H3,(H,18,19). The first kappa shape index (κ1) is 15.7. The van der Waals surface area contributed by atoms with Gasteiger partial charge in [-0.15, -0.1) is 11.3 Å². The molecule has 2 N–H and O–H groups in total. The maximum Gasteiger partial charge on any atom is 0.310 e. The Balaban J connectivity index is 2.05. The van der Waals surface area contributed by atoms with E-state index in [9.17, 15) is 9.90 Å². The van der Waals surface area contributed by atoms with E-state index in [1.165, 1.54) is 11.3 Å². The zero-order valence-corrected chi connectivity index (χ0v) is 13.5. The first-order chi connectivity index (χ1) is 9.74. The number of hydrogen-bond donors (Lipinski definition) is 2. The fraction of sp³-hybridized carbons (Fsp3) is 0.467. The van der Waals surface area contributed by atoms with Crippen LogP contribution in [0.5, 0.6) is 0 Å². The van der Waals surface area contributed by atoms with Crippen LogP contribution < -0.4 is 5.32 Å². The maximum atomic E-state index is 11.4. The number of nitrogens with one attached hydrogen (secondary N) is 1. The lowest BCUT2D eigenvalue weighted by molar-refractivity contribution is -0.151. The molecule has 0 unspecified atom stereocenters. The van der Waals surface area contributed by atoms with Crippen molar-refractivity contribution in [3.8, 4) is 10.8 Å². The molecule has 2 rings (SSSR count). The summed E-state index contributed by atoms with van der Waals surface area (Å²) in [6.07, 6.45) is 1.62. The molecule has 0 amide bonds. The summed E-state index contributed by atoms with van der Waals surface area (Å²) in [4.78, 5) is 15.9. The van der Waals surface area contributed by atoms with E-state index in [4.69, 9.17) is 4.42 Å². The molecule has 2 aromatic rings. The lowest BCUT2D eigenvalue weighted by atomic mass is 9.74. The van der Waals surface area contributed by atoms with Crippen LogP contribution in [-0.4, -0.2) is 21.6 Å². The Morgan fingerprint density at radius 1 is 1.43 bits per heavy atom. The van der Waals surface area contributed by atoms with Crippen molar-refractivity contribution in [3.05, 3.63) is 29.5 Å². The van der Waals surface area contributed by atoms with Crippen molar-refractivity contribution >= 4 is 17.3 Å². The third-order valence-corrected chi connectivity index (χ3v) is 5.00. The van der Waals surface area contributed by atoms with Gasteiger partial charge in [-0.1, -0.05) is 0 Å². The van der Waals surface area contributed by atoms with Crippen LogP contribution >= 0.6 is 11.3 Å². The Labute approximate surface area is 128 Å². The summed E-state index contributed by atoms with van der Waals surface area (Å²) in [6.45, 7) is 7.73. The minimum absolute atomic E-state index is 0.515. The topological polar surface area (TPSA) is 75.4 Å². The normalized spacial score (nSPS) is 12.6. The summed E-state index contributed by atoms with van der Waals surface area (Å²) in [7, 11) is 0. The highest BCUT2D eigenvalue weighted by molar-refractivity contribution is 7.13. The number of aliphatic carboxylic acids is 1. The lowest BCUT2D eigenvalue weighted by Gasteiger charge is -2.38. The summed E-state index contributed by atoms with van der Waals surface area (Å²) in [5, 5.41) is 15.4. The van der Waals surface area contributed by atoms with Gasteiger partial charge in [0.1, 0.15) is 0 Å². The number of carbonyl (C=O) groups is 1. The summed E-state index contributed by atoms with van der Waals surface area (Å²) in [5.41, 5.74) is -0.569. The molecule has 0 bridgehead atoms. The summed E-state index contributed by atoms with van der Waals surface area (Å²) in [6, 6.07) is 3.70. The highest BCUT2D eigenvalue weighted by Crippen LogP contribution is 2.31. The Hall–Kier alpha value is -1.66. The molecule has 0 aromatic carbocycles. The van der Waals surface area contributed by atoms with E-state index in [2.05, 4.69) is 10.3 Å². The second-order valence-corrected chi connectivity index (χ2v) is 6.89. The van der Waals surface area contributed by atoms with Gasteiger partial charge in [0, 0.05) is 17.5 Å². The second-order valence-electron chi connectivity index (χ2n) is 6.03. The molecule has 21 heavy (non-hydrogen) atoms.